The smallest absolute Gasteiger partial charge is 0.0647 e. The number of thiophene rings is 1. The molecule has 10 rings (SSSR count). The van der Waals surface area contributed by atoms with E-state index in [1.807, 2.05) is 11.3 Å². The molecule has 3 aromatic heterocycles. The van der Waals surface area contributed by atoms with Crippen LogP contribution in [0.25, 0.3) is 85.9 Å². The number of rotatable bonds is 2. The summed E-state index contributed by atoms with van der Waals surface area (Å²) >= 11 is 1.87. The second-order valence-electron chi connectivity index (χ2n) is 11.3. The summed E-state index contributed by atoms with van der Waals surface area (Å²) in [5.41, 5.74) is 7.33. The Kier molecular flexibility index (Phi) is 4.63. The molecule has 0 spiro atoms. The Balaban J connectivity index is 1.48. The molecule has 0 aliphatic rings. The van der Waals surface area contributed by atoms with Gasteiger partial charge in [0, 0.05) is 58.5 Å². The van der Waals surface area contributed by atoms with Crippen LogP contribution in [-0.2, 0) is 0 Å². The largest absolute Gasteiger partial charge is 0.309 e. The lowest BCUT2D eigenvalue weighted by atomic mass is 9.99. The number of benzene rings is 7. The van der Waals surface area contributed by atoms with Gasteiger partial charge in [0.05, 0.1) is 22.1 Å². The predicted molar refractivity (Wildman–Crippen MR) is 186 cm³/mol. The van der Waals surface area contributed by atoms with Gasteiger partial charge in [0.1, 0.15) is 0 Å². The van der Waals surface area contributed by atoms with E-state index in [9.17, 15) is 0 Å². The van der Waals surface area contributed by atoms with E-state index in [1.165, 1.54) is 85.9 Å². The van der Waals surface area contributed by atoms with Crippen LogP contribution in [0.4, 0.5) is 0 Å². The molecule has 43 heavy (non-hydrogen) atoms. The standard InChI is InChI=1S/C40H24N2S/c1-2-12-25(13-3-1)41-33-19-9-6-17-30(33)37-28-15-4-5-16-29(28)39-38(40(37)41)31-18-7-10-20-34(31)42(39)26-22-23-36-32(24-26)27-14-8-11-21-35(27)43-36/h1-24H. The van der Waals surface area contributed by atoms with E-state index in [0.717, 1.165) is 0 Å². The highest BCUT2D eigenvalue weighted by Gasteiger charge is 2.24. The van der Waals surface area contributed by atoms with Crippen molar-refractivity contribution in [2.45, 2.75) is 0 Å². The zero-order chi connectivity index (χ0) is 28.1. The third-order valence-corrected chi connectivity index (χ3v) is 10.2. The first-order valence-electron chi connectivity index (χ1n) is 14.7. The van der Waals surface area contributed by atoms with Crippen LogP contribution in [0.2, 0.25) is 0 Å². The average molecular weight is 565 g/mol. The number of hydrogen-bond acceptors (Lipinski definition) is 1. The van der Waals surface area contributed by atoms with Crippen LogP contribution in [-0.4, -0.2) is 9.13 Å². The molecule has 0 aliphatic carbocycles. The highest BCUT2D eigenvalue weighted by atomic mass is 32.1. The van der Waals surface area contributed by atoms with E-state index in [-0.39, 0.29) is 0 Å². The summed E-state index contributed by atoms with van der Waals surface area (Å²) in [6, 6.07) is 53.3. The second kappa shape index (κ2) is 8.57. The van der Waals surface area contributed by atoms with Crippen LogP contribution in [0.5, 0.6) is 0 Å². The van der Waals surface area contributed by atoms with Gasteiger partial charge in [0.25, 0.3) is 0 Å². The van der Waals surface area contributed by atoms with E-state index in [4.69, 9.17) is 0 Å². The van der Waals surface area contributed by atoms with Crippen LogP contribution in [0.1, 0.15) is 0 Å². The Morgan fingerprint density at radius 3 is 1.67 bits per heavy atom. The van der Waals surface area contributed by atoms with Crippen molar-refractivity contribution in [3.05, 3.63) is 146 Å². The fourth-order valence-corrected chi connectivity index (χ4v) is 8.44. The lowest BCUT2D eigenvalue weighted by molar-refractivity contribution is 1.18. The molecule has 10 aromatic rings. The number of aromatic nitrogens is 2. The third-order valence-electron chi connectivity index (χ3n) is 9.07. The fraction of sp³-hybridized carbons (Fsp3) is 0. The van der Waals surface area contributed by atoms with Crippen molar-refractivity contribution in [1.29, 1.82) is 0 Å². The maximum atomic E-state index is 2.51. The first kappa shape index (κ1) is 23.2. The minimum absolute atomic E-state index is 1.17. The van der Waals surface area contributed by atoms with Crippen molar-refractivity contribution in [3.8, 4) is 11.4 Å². The monoisotopic (exact) mass is 564 g/mol. The predicted octanol–water partition coefficient (Wildman–Crippen LogP) is 11.4. The third kappa shape index (κ3) is 3.07. The van der Waals surface area contributed by atoms with Crippen LogP contribution in [0, 0.1) is 0 Å². The Labute approximate surface area is 251 Å². The topological polar surface area (TPSA) is 9.86 Å². The molecule has 2 nitrogen and oxygen atoms in total. The summed E-state index contributed by atoms with van der Waals surface area (Å²) in [6.45, 7) is 0. The molecule has 200 valence electrons. The highest BCUT2D eigenvalue weighted by molar-refractivity contribution is 7.25. The molecular formula is C40H24N2S. The van der Waals surface area contributed by atoms with Crippen molar-refractivity contribution in [1.82, 2.24) is 9.13 Å². The highest BCUT2D eigenvalue weighted by Crippen LogP contribution is 2.47. The first-order chi connectivity index (χ1) is 21.4. The Morgan fingerprint density at radius 2 is 0.907 bits per heavy atom. The summed E-state index contributed by atoms with van der Waals surface area (Å²) < 4.78 is 7.63. The van der Waals surface area contributed by atoms with Gasteiger partial charge < -0.3 is 9.13 Å². The molecular weight excluding hydrogens is 541 g/mol. The molecule has 3 heterocycles. The van der Waals surface area contributed by atoms with E-state index >= 15 is 0 Å². The van der Waals surface area contributed by atoms with Gasteiger partial charge in [-0.05, 0) is 53.9 Å². The molecule has 0 radical (unpaired) electrons. The van der Waals surface area contributed by atoms with E-state index in [1.54, 1.807) is 0 Å². The summed E-state index contributed by atoms with van der Waals surface area (Å²) in [7, 11) is 0. The zero-order valence-corrected chi connectivity index (χ0v) is 24.0. The lowest BCUT2D eigenvalue weighted by Gasteiger charge is -2.13. The zero-order valence-electron chi connectivity index (χ0n) is 23.2. The lowest BCUT2D eigenvalue weighted by Crippen LogP contribution is -1.96. The van der Waals surface area contributed by atoms with E-state index in [0.29, 0.717) is 0 Å². The van der Waals surface area contributed by atoms with Crippen molar-refractivity contribution < 1.29 is 0 Å². The van der Waals surface area contributed by atoms with Crippen molar-refractivity contribution in [2.75, 3.05) is 0 Å². The molecule has 0 atom stereocenters. The number of nitrogens with zero attached hydrogens (tertiary/aromatic N) is 2. The summed E-state index contributed by atoms with van der Waals surface area (Å²) in [5, 5.41) is 10.3. The second-order valence-corrected chi connectivity index (χ2v) is 12.4. The Morgan fingerprint density at radius 1 is 0.349 bits per heavy atom. The minimum Gasteiger partial charge on any atom is -0.309 e. The minimum atomic E-state index is 1.17. The van der Waals surface area contributed by atoms with Gasteiger partial charge in [0.15, 0.2) is 0 Å². The molecule has 0 aliphatic heterocycles. The van der Waals surface area contributed by atoms with Crippen LogP contribution < -0.4 is 0 Å². The molecule has 7 aromatic carbocycles. The molecule has 0 saturated heterocycles. The van der Waals surface area contributed by atoms with E-state index < -0.39 is 0 Å². The average Bonchev–Trinajstić information content (AvgIpc) is 3.73. The van der Waals surface area contributed by atoms with Crippen LogP contribution in [0.3, 0.4) is 0 Å². The Hall–Kier alpha value is -5.38. The van der Waals surface area contributed by atoms with Gasteiger partial charge >= 0.3 is 0 Å². The van der Waals surface area contributed by atoms with Gasteiger partial charge in [-0.25, -0.2) is 0 Å². The normalized spacial score (nSPS) is 12.2. The summed E-state index contributed by atoms with van der Waals surface area (Å²) in [5.74, 6) is 0. The SMILES string of the molecule is c1ccc(-n2c3ccccc3c3c4ccccc4c4c(c5ccccc5n4-c4ccc5sc6ccccc6c5c4)c32)cc1. The Bertz CT molecular complexity index is 2720. The molecule has 0 saturated carbocycles. The van der Waals surface area contributed by atoms with Gasteiger partial charge in [-0.1, -0.05) is 97.1 Å². The summed E-state index contributed by atoms with van der Waals surface area (Å²) in [6.07, 6.45) is 0. The van der Waals surface area contributed by atoms with Crippen molar-refractivity contribution >= 4 is 85.9 Å². The van der Waals surface area contributed by atoms with Crippen LogP contribution in [0.15, 0.2) is 146 Å². The summed E-state index contributed by atoms with van der Waals surface area (Å²) in [4.78, 5) is 0. The van der Waals surface area contributed by atoms with Gasteiger partial charge in [-0.2, -0.15) is 0 Å². The van der Waals surface area contributed by atoms with Crippen molar-refractivity contribution in [3.63, 3.8) is 0 Å². The maximum absolute atomic E-state index is 2.51. The molecule has 0 N–H and O–H groups in total. The fourth-order valence-electron chi connectivity index (χ4n) is 7.36. The van der Waals surface area contributed by atoms with Crippen LogP contribution >= 0.6 is 11.3 Å². The first-order valence-corrected chi connectivity index (χ1v) is 15.5. The van der Waals surface area contributed by atoms with Gasteiger partial charge in [-0.3, -0.25) is 0 Å². The molecule has 0 fully saturated rings. The molecule has 0 amide bonds. The quantitative estimate of drug-likeness (QED) is 0.198. The van der Waals surface area contributed by atoms with E-state index in [2.05, 4.69) is 155 Å². The molecule has 0 unspecified atom stereocenters. The van der Waals surface area contributed by atoms with Crippen molar-refractivity contribution in [2.24, 2.45) is 0 Å². The maximum Gasteiger partial charge on any atom is 0.0647 e. The molecule has 0 bridgehead atoms. The van der Waals surface area contributed by atoms with Gasteiger partial charge in [-0.15, -0.1) is 11.3 Å². The molecule has 3 heteroatoms. The number of hydrogen-bond donors (Lipinski definition) is 0. The number of fused-ring (bicyclic) bond motifs is 13. The number of para-hydroxylation sites is 3. The van der Waals surface area contributed by atoms with Gasteiger partial charge in [0.2, 0.25) is 0 Å².